The Labute approximate surface area is 200 Å². The Hall–Kier alpha value is -3.22. The molecule has 0 aliphatic carbocycles. The van der Waals surface area contributed by atoms with E-state index < -0.39 is 15.6 Å². The molecule has 1 N–H and O–H groups in total. The van der Waals surface area contributed by atoms with Crippen LogP contribution in [0.15, 0.2) is 64.6 Å². The van der Waals surface area contributed by atoms with E-state index in [2.05, 4.69) is 16.5 Å². The van der Waals surface area contributed by atoms with Crippen LogP contribution in [0.1, 0.15) is 36.8 Å². The van der Waals surface area contributed by atoms with Crippen LogP contribution in [0.25, 0.3) is 0 Å². The Balaban J connectivity index is 1.34. The van der Waals surface area contributed by atoms with Gasteiger partial charge in [0.25, 0.3) is 5.91 Å². The fourth-order valence-corrected chi connectivity index (χ4v) is 5.80. The summed E-state index contributed by atoms with van der Waals surface area (Å²) in [6, 6.07) is 18.3. The molecule has 178 valence electrons. The van der Waals surface area contributed by atoms with Gasteiger partial charge in [-0.05, 0) is 31.0 Å². The molecule has 2 aromatic carbocycles. The molecule has 1 fully saturated rings. The third-order valence-electron chi connectivity index (χ3n) is 6.39. The lowest BCUT2D eigenvalue weighted by Gasteiger charge is -2.36. The zero-order chi connectivity index (χ0) is 24.2. The zero-order valence-electron chi connectivity index (χ0n) is 19.1. The van der Waals surface area contributed by atoms with Crippen molar-refractivity contribution in [1.29, 1.82) is 5.26 Å². The van der Waals surface area contributed by atoms with E-state index >= 15 is 0 Å². The van der Waals surface area contributed by atoms with Gasteiger partial charge in [0.1, 0.15) is 11.3 Å². The summed E-state index contributed by atoms with van der Waals surface area (Å²) in [6.45, 7) is 2.51. The van der Waals surface area contributed by atoms with Gasteiger partial charge < -0.3 is 10.2 Å². The van der Waals surface area contributed by atoms with Crippen LogP contribution in [0.5, 0.6) is 0 Å². The number of sulfonamides is 1. The zero-order valence-corrected chi connectivity index (χ0v) is 19.9. The summed E-state index contributed by atoms with van der Waals surface area (Å²) in [5, 5.41) is 16.1. The van der Waals surface area contributed by atoms with Crippen molar-refractivity contribution in [2.75, 3.05) is 13.1 Å². The van der Waals surface area contributed by atoms with Gasteiger partial charge in [-0.2, -0.15) is 9.57 Å². The Bertz CT molecular complexity index is 1200. The van der Waals surface area contributed by atoms with Gasteiger partial charge in [0, 0.05) is 38.4 Å². The van der Waals surface area contributed by atoms with Gasteiger partial charge in [-0.1, -0.05) is 53.2 Å². The van der Waals surface area contributed by atoms with Gasteiger partial charge in [0.15, 0.2) is 0 Å². The molecule has 0 saturated carbocycles. The second-order valence-corrected chi connectivity index (χ2v) is 10.9. The van der Waals surface area contributed by atoms with Crippen LogP contribution in [0, 0.1) is 18.3 Å². The predicted molar refractivity (Wildman–Crippen MR) is 127 cm³/mol. The Morgan fingerprint density at radius 3 is 2.50 bits per heavy atom. The number of benzene rings is 2. The SMILES string of the molecule is Cc1ccc(S(=O)(=O)N2CCC3(CC2)CC(C(=O)NC(CC#N)Cc2ccccc2)=NO3)cc1. The molecule has 2 aromatic rings. The van der Waals surface area contributed by atoms with Gasteiger partial charge in [-0.25, -0.2) is 8.42 Å². The van der Waals surface area contributed by atoms with Crippen LogP contribution in [0.4, 0.5) is 0 Å². The Kier molecular flexibility index (Phi) is 7.00. The number of oxime groups is 1. The molecular weight excluding hydrogens is 452 g/mol. The molecule has 2 aliphatic rings. The van der Waals surface area contributed by atoms with Crippen molar-refractivity contribution in [2.24, 2.45) is 5.16 Å². The number of carbonyl (C=O) groups is 1. The van der Waals surface area contributed by atoms with E-state index in [1.54, 1.807) is 24.3 Å². The maximum Gasteiger partial charge on any atom is 0.269 e. The summed E-state index contributed by atoms with van der Waals surface area (Å²) >= 11 is 0. The normalized spacial score (nSPS) is 18.5. The second kappa shape index (κ2) is 9.95. The molecule has 0 bridgehead atoms. The molecule has 1 saturated heterocycles. The molecule has 1 amide bonds. The summed E-state index contributed by atoms with van der Waals surface area (Å²) in [7, 11) is -3.58. The van der Waals surface area contributed by atoms with Crippen LogP contribution < -0.4 is 5.32 Å². The molecule has 0 radical (unpaired) electrons. The number of hydrogen-bond donors (Lipinski definition) is 1. The lowest BCUT2D eigenvalue weighted by molar-refractivity contribution is -0.115. The average molecular weight is 481 g/mol. The summed E-state index contributed by atoms with van der Waals surface area (Å²) in [5.74, 6) is -0.345. The van der Waals surface area contributed by atoms with Crippen LogP contribution in [0.3, 0.4) is 0 Å². The maximum atomic E-state index is 13.0. The Morgan fingerprint density at radius 2 is 1.85 bits per heavy atom. The van der Waals surface area contributed by atoms with E-state index in [9.17, 15) is 13.2 Å². The third-order valence-corrected chi connectivity index (χ3v) is 8.30. The highest BCUT2D eigenvalue weighted by Gasteiger charge is 2.46. The summed E-state index contributed by atoms with van der Waals surface area (Å²) in [4.78, 5) is 18.8. The molecule has 1 unspecified atom stereocenters. The molecule has 9 heteroatoms. The van der Waals surface area contributed by atoms with Gasteiger partial charge in [-0.3, -0.25) is 4.79 Å². The number of rotatable bonds is 7. The van der Waals surface area contributed by atoms with Gasteiger partial charge in [0.05, 0.1) is 17.4 Å². The number of nitrogens with one attached hydrogen (secondary N) is 1. The molecule has 1 atom stereocenters. The van der Waals surface area contributed by atoms with Gasteiger partial charge in [-0.15, -0.1) is 0 Å². The number of aryl methyl sites for hydroxylation is 1. The number of carbonyl (C=O) groups excluding carboxylic acids is 1. The molecule has 2 heterocycles. The van der Waals surface area contributed by atoms with Gasteiger partial charge >= 0.3 is 0 Å². The van der Waals surface area contributed by atoms with Crippen molar-refractivity contribution in [1.82, 2.24) is 9.62 Å². The first-order chi connectivity index (χ1) is 16.3. The molecule has 2 aliphatic heterocycles. The lowest BCUT2D eigenvalue weighted by Crippen LogP contribution is -2.47. The third kappa shape index (κ3) is 5.29. The van der Waals surface area contributed by atoms with E-state index in [-0.39, 0.29) is 29.0 Å². The summed E-state index contributed by atoms with van der Waals surface area (Å²) in [6.07, 6.45) is 1.95. The van der Waals surface area contributed by atoms with E-state index in [1.165, 1.54) is 4.31 Å². The number of nitriles is 1. The quantitative estimate of drug-likeness (QED) is 0.655. The topological polar surface area (TPSA) is 112 Å². The smallest absolute Gasteiger partial charge is 0.269 e. The first-order valence-corrected chi connectivity index (χ1v) is 12.8. The highest BCUT2D eigenvalue weighted by Crippen LogP contribution is 2.36. The maximum absolute atomic E-state index is 13.0. The van der Waals surface area contributed by atoms with Crippen LogP contribution in [-0.2, 0) is 26.1 Å². The van der Waals surface area contributed by atoms with Crippen molar-refractivity contribution >= 4 is 21.6 Å². The minimum atomic E-state index is -3.58. The van der Waals surface area contributed by atoms with E-state index in [0.717, 1.165) is 11.1 Å². The minimum Gasteiger partial charge on any atom is -0.388 e. The van der Waals surface area contributed by atoms with Crippen LogP contribution in [0.2, 0.25) is 0 Å². The van der Waals surface area contributed by atoms with Gasteiger partial charge in [0.2, 0.25) is 10.0 Å². The standard InChI is InChI=1S/C25H28N4O4S/c1-19-7-9-22(10-8-19)34(31,32)29-15-12-25(13-16-29)18-23(28-33-25)24(30)27-21(11-14-26)17-20-5-3-2-4-6-20/h2-10,21H,11-13,15-18H2,1H3,(H,27,30). The summed E-state index contributed by atoms with van der Waals surface area (Å²) < 4.78 is 27.4. The Morgan fingerprint density at radius 1 is 1.18 bits per heavy atom. The van der Waals surface area contributed by atoms with Crippen molar-refractivity contribution in [3.63, 3.8) is 0 Å². The monoisotopic (exact) mass is 480 g/mol. The van der Waals surface area contributed by atoms with Crippen molar-refractivity contribution in [2.45, 2.75) is 55.6 Å². The molecular formula is C25H28N4O4S. The summed E-state index contributed by atoms with van der Waals surface area (Å²) in [5.41, 5.74) is 1.65. The predicted octanol–water partition coefficient (Wildman–Crippen LogP) is 2.94. The number of hydrogen-bond acceptors (Lipinski definition) is 6. The van der Waals surface area contributed by atoms with Crippen molar-refractivity contribution in [3.8, 4) is 6.07 Å². The highest BCUT2D eigenvalue weighted by molar-refractivity contribution is 7.89. The van der Waals surface area contributed by atoms with E-state index in [4.69, 9.17) is 10.1 Å². The largest absolute Gasteiger partial charge is 0.388 e. The average Bonchev–Trinajstić information content (AvgIpc) is 3.24. The highest BCUT2D eigenvalue weighted by atomic mass is 32.2. The van der Waals surface area contributed by atoms with Crippen LogP contribution in [-0.4, -0.2) is 49.1 Å². The fourth-order valence-electron chi connectivity index (χ4n) is 4.36. The second-order valence-electron chi connectivity index (χ2n) is 8.93. The first-order valence-electron chi connectivity index (χ1n) is 11.3. The first kappa shape index (κ1) is 23.9. The number of nitrogens with zero attached hydrogens (tertiary/aromatic N) is 3. The molecule has 34 heavy (non-hydrogen) atoms. The minimum absolute atomic E-state index is 0.186. The van der Waals surface area contributed by atoms with E-state index in [0.29, 0.717) is 38.8 Å². The van der Waals surface area contributed by atoms with Crippen LogP contribution >= 0.6 is 0 Å². The lowest BCUT2D eigenvalue weighted by atomic mass is 9.87. The van der Waals surface area contributed by atoms with Crippen molar-refractivity contribution in [3.05, 3.63) is 65.7 Å². The fraction of sp³-hybridized carbons (Fsp3) is 0.400. The molecule has 4 rings (SSSR count). The molecule has 1 spiro atoms. The van der Waals surface area contributed by atoms with Crippen molar-refractivity contribution < 1.29 is 18.0 Å². The number of piperidine rings is 1. The molecule has 8 nitrogen and oxygen atoms in total. The molecule has 0 aromatic heterocycles. The van der Waals surface area contributed by atoms with E-state index in [1.807, 2.05) is 37.3 Å². The number of amides is 1.